The number of rotatable bonds is 6. The maximum atomic E-state index is 12.9. The van der Waals surface area contributed by atoms with Crippen LogP contribution >= 0.6 is 79.1 Å². The Labute approximate surface area is 249 Å². The highest BCUT2D eigenvalue weighted by Gasteiger charge is 2.23. The maximum absolute atomic E-state index is 12.9. The first-order valence-corrected chi connectivity index (χ1v) is 14.8. The van der Waals surface area contributed by atoms with Crippen LogP contribution in [0.3, 0.4) is 0 Å². The van der Waals surface area contributed by atoms with Crippen LogP contribution in [0.2, 0.25) is 0 Å². The van der Waals surface area contributed by atoms with E-state index in [2.05, 4.69) is 79.2 Å². The lowest BCUT2D eigenvalue weighted by Gasteiger charge is -2.12. The Balaban J connectivity index is 1.52. The van der Waals surface area contributed by atoms with E-state index in [-0.39, 0.29) is 5.57 Å². The highest BCUT2D eigenvalue weighted by atomic mass is 127. The largest absolute Gasteiger partial charge is 0.487 e. The molecule has 1 heterocycles. The number of anilines is 1. The molecule has 0 spiro atoms. The molecular weight excluding hydrogens is 799 g/mol. The van der Waals surface area contributed by atoms with Crippen molar-refractivity contribution >= 4 is 96.1 Å². The first-order chi connectivity index (χ1) is 16.9. The minimum absolute atomic E-state index is 0.0144. The van der Waals surface area contributed by atoms with Crippen molar-refractivity contribution in [1.82, 2.24) is 0 Å². The Morgan fingerprint density at radius 2 is 1.77 bits per heavy atom. The zero-order chi connectivity index (χ0) is 24.9. The average molecular weight is 817 g/mol. The van der Waals surface area contributed by atoms with Crippen LogP contribution in [-0.4, -0.2) is 5.91 Å². The molecule has 0 radical (unpaired) electrons. The SMILES string of the molecule is N#C/C(=C\c1cc(I)c(OCc2ccc(I)cc2)c(I)c1)C(=O)Nc1sc2c(c1C#N)CCCC2. The topological polar surface area (TPSA) is 85.9 Å². The fraction of sp³-hybridized carbons (Fsp3) is 0.192. The van der Waals surface area contributed by atoms with Crippen LogP contribution in [0.5, 0.6) is 5.75 Å². The second-order valence-corrected chi connectivity index (χ2v) is 12.6. The molecular formula is C26H18I3N3O2S. The van der Waals surface area contributed by atoms with Crippen molar-refractivity contribution in [3.63, 3.8) is 0 Å². The van der Waals surface area contributed by atoms with E-state index in [1.54, 1.807) is 6.08 Å². The third-order valence-electron chi connectivity index (χ3n) is 5.50. The molecule has 1 aromatic heterocycles. The Morgan fingerprint density at radius 1 is 1.09 bits per heavy atom. The van der Waals surface area contributed by atoms with Gasteiger partial charge in [-0.15, -0.1) is 11.3 Å². The van der Waals surface area contributed by atoms with Crippen molar-refractivity contribution in [1.29, 1.82) is 10.5 Å². The number of ether oxygens (including phenoxy) is 1. The van der Waals surface area contributed by atoms with Gasteiger partial charge in [-0.05, 0) is 140 Å². The summed E-state index contributed by atoms with van der Waals surface area (Å²) in [7, 11) is 0. The van der Waals surface area contributed by atoms with E-state index in [9.17, 15) is 15.3 Å². The van der Waals surface area contributed by atoms with Gasteiger partial charge in [0.1, 0.15) is 35.1 Å². The molecule has 1 aliphatic rings. The zero-order valence-electron chi connectivity index (χ0n) is 18.3. The second kappa shape index (κ2) is 12.0. The van der Waals surface area contributed by atoms with Crippen LogP contribution in [0.25, 0.3) is 6.08 Å². The van der Waals surface area contributed by atoms with Crippen molar-refractivity contribution in [2.75, 3.05) is 5.32 Å². The van der Waals surface area contributed by atoms with Gasteiger partial charge in [-0.25, -0.2) is 0 Å². The molecule has 0 atom stereocenters. The molecule has 0 fully saturated rings. The smallest absolute Gasteiger partial charge is 0.266 e. The van der Waals surface area contributed by atoms with E-state index in [1.807, 2.05) is 42.5 Å². The monoisotopic (exact) mass is 817 g/mol. The Bertz CT molecular complexity index is 1380. The number of nitrogens with one attached hydrogen (secondary N) is 1. The van der Waals surface area contributed by atoms with Gasteiger partial charge in [0.25, 0.3) is 5.91 Å². The van der Waals surface area contributed by atoms with E-state index in [0.29, 0.717) is 17.2 Å². The molecule has 0 aliphatic heterocycles. The number of hydrogen-bond acceptors (Lipinski definition) is 5. The molecule has 0 unspecified atom stereocenters. The number of nitriles is 2. The number of benzene rings is 2. The summed E-state index contributed by atoms with van der Waals surface area (Å²) in [6.45, 7) is 0.454. The van der Waals surface area contributed by atoms with Crippen LogP contribution in [0, 0.1) is 33.4 Å². The summed E-state index contributed by atoms with van der Waals surface area (Å²) in [5.41, 5.74) is 3.38. The fourth-order valence-electron chi connectivity index (χ4n) is 3.79. The van der Waals surface area contributed by atoms with Gasteiger partial charge in [0.05, 0.1) is 12.7 Å². The molecule has 1 N–H and O–H groups in total. The number of thiophene rings is 1. The van der Waals surface area contributed by atoms with Crippen LogP contribution < -0.4 is 10.1 Å². The van der Waals surface area contributed by atoms with Gasteiger partial charge in [0.15, 0.2) is 0 Å². The van der Waals surface area contributed by atoms with Gasteiger partial charge in [0, 0.05) is 8.45 Å². The predicted octanol–water partition coefficient (Wildman–Crippen LogP) is 7.44. The summed E-state index contributed by atoms with van der Waals surface area (Å²) >= 11 is 8.13. The first kappa shape index (κ1) is 26.4. The number of hydrogen-bond donors (Lipinski definition) is 1. The van der Waals surface area contributed by atoms with Gasteiger partial charge >= 0.3 is 0 Å². The first-order valence-electron chi connectivity index (χ1n) is 10.7. The molecule has 0 bridgehead atoms. The van der Waals surface area contributed by atoms with E-state index in [0.717, 1.165) is 60.1 Å². The number of carbonyl (C=O) groups is 1. The molecule has 5 nitrogen and oxygen atoms in total. The van der Waals surface area contributed by atoms with Gasteiger partial charge in [0.2, 0.25) is 0 Å². The molecule has 1 aliphatic carbocycles. The second-order valence-electron chi connectivity index (χ2n) is 7.88. The van der Waals surface area contributed by atoms with Gasteiger partial charge < -0.3 is 10.1 Å². The maximum Gasteiger partial charge on any atom is 0.266 e. The average Bonchev–Trinajstić information content (AvgIpc) is 3.19. The van der Waals surface area contributed by atoms with Crippen molar-refractivity contribution in [3.8, 4) is 17.9 Å². The summed E-state index contributed by atoms with van der Waals surface area (Å²) in [5.74, 6) is 0.263. The number of aryl methyl sites for hydroxylation is 1. The molecule has 0 saturated heterocycles. The number of nitrogens with zero attached hydrogens (tertiary/aromatic N) is 2. The lowest BCUT2D eigenvalue weighted by molar-refractivity contribution is -0.112. The van der Waals surface area contributed by atoms with E-state index >= 15 is 0 Å². The minimum Gasteiger partial charge on any atom is -0.487 e. The Hall–Kier alpha value is -1.68. The molecule has 4 rings (SSSR count). The molecule has 0 saturated carbocycles. The summed E-state index contributed by atoms with van der Waals surface area (Å²) in [4.78, 5) is 14.1. The number of carbonyl (C=O) groups excluding carboxylic acids is 1. The van der Waals surface area contributed by atoms with Crippen molar-refractivity contribution in [2.24, 2.45) is 0 Å². The number of fused-ring (bicyclic) bond motifs is 1. The predicted molar refractivity (Wildman–Crippen MR) is 163 cm³/mol. The summed E-state index contributed by atoms with van der Waals surface area (Å²) < 4.78 is 9.01. The molecule has 3 aromatic rings. The number of halogens is 3. The minimum atomic E-state index is -0.508. The Kier molecular flexibility index (Phi) is 9.07. The van der Waals surface area contributed by atoms with Gasteiger partial charge in [-0.3, -0.25) is 4.79 Å². The van der Waals surface area contributed by atoms with Crippen molar-refractivity contribution in [3.05, 3.63) is 79.8 Å². The molecule has 1 amide bonds. The van der Waals surface area contributed by atoms with Crippen LogP contribution in [0.1, 0.15) is 40.0 Å². The molecule has 35 heavy (non-hydrogen) atoms. The molecule has 9 heteroatoms. The quantitative estimate of drug-likeness (QED) is 0.159. The third-order valence-corrected chi connectivity index (χ3v) is 9.03. The Morgan fingerprint density at radius 3 is 2.43 bits per heavy atom. The van der Waals surface area contributed by atoms with Gasteiger partial charge in [-0.2, -0.15) is 10.5 Å². The number of amides is 1. The molecule has 176 valence electrons. The zero-order valence-corrected chi connectivity index (χ0v) is 25.6. The van der Waals surface area contributed by atoms with E-state index in [4.69, 9.17) is 4.74 Å². The van der Waals surface area contributed by atoms with Gasteiger partial charge in [-0.1, -0.05) is 12.1 Å². The van der Waals surface area contributed by atoms with E-state index < -0.39 is 5.91 Å². The van der Waals surface area contributed by atoms with Crippen molar-refractivity contribution in [2.45, 2.75) is 32.3 Å². The highest BCUT2D eigenvalue weighted by molar-refractivity contribution is 14.1. The standard InChI is InChI=1S/C26H18I3N3O2S/c27-18-7-5-15(6-8-18)14-34-24-21(28)10-16(11-22(24)29)9-17(12-30)25(33)32-26-20(13-31)19-3-1-2-4-23(19)35-26/h5-11H,1-4,14H2,(H,32,33)/b17-9+. The van der Waals surface area contributed by atoms with E-state index in [1.165, 1.54) is 14.9 Å². The van der Waals surface area contributed by atoms with Crippen molar-refractivity contribution < 1.29 is 9.53 Å². The van der Waals surface area contributed by atoms with Crippen LogP contribution in [0.4, 0.5) is 5.00 Å². The highest BCUT2D eigenvalue weighted by Crippen LogP contribution is 2.38. The summed E-state index contributed by atoms with van der Waals surface area (Å²) in [6.07, 6.45) is 5.51. The summed E-state index contributed by atoms with van der Waals surface area (Å²) in [6, 6.07) is 16.2. The normalized spacial score (nSPS) is 12.9. The fourth-order valence-corrected chi connectivity index (χ4v) is 7.52. The van der Waals surface area contributed by atoms with Crippen LogP contribution in [0.15, 0.2) is 42.0 Å². The summed E-state index contributed by atoms with van der Waals surface area (Å²) in [5, 5.41) is 22.7. The lowest BCUT2D eigenvalue weighted by atomic mass is 9.96. The lowest BCUT2D eigenvalue weighted by Crippen LogP contribution is -2.13. The molecule has 2 aromatic carbocycles. The van der Waals surface area contributed by atoms with Crippen LogP contribution in [-0.2, 0) is 24.2 Å². The third kappa shape index (κ3) is 6.37.